The summed E-state index contributed by atoms with van der Waals surface area (Å²) < 4.78 is 37.6. The predicted octanol–water partition coefficient (Wildman–Crippen LogP) is 2.78. The van der Waals surface area contributed by atoms with Gasteiger partial charge in [0.25, 0.3) is 5.91 Å². The van der Waals surface area contributed by atoms with Gasteiger partial charge in [-0.3, -0.25) is 4.79 Å². The molecule has 1 atom stereocenters. The molecule has 1 saturated heterocycles. The number of carbonyl (C=O) groups excluding carboxylic acids is 2. The van der Waals surface area contributed by atoms with E-state index in [9.17, 15) is 18.0 Å². The summed E-state index contributed by atoms with van der Waals surface area (Å²) in [5.41, 5.74) is 0.893. The molecule has 176 valence electrons. The summed E-state index contributed by atoms with van der Waals surface area (Å²) in [6.45, 7) is 3.42. The molecule has 4 rings (SSSR count). The number of hydrogen-bond donors (Lipinski definition) is 0. The van der Waals surface area contributed by atoms with Gasteiger partial charge in [-0.15, -0.1) is 11.8 Å². The molecule has 1 amide bonds. The Morgan fingerprint density at radius 2 is 1.85 bits per heavy atom. The smallest absolute Gasteiger partial charge is 0.338 e. The minimum absolute atomic E-state index is 0.0117. The number of fused-ring (bicyclic) bond motifs is 1. The molecule has 0 spiro atoms. The number of benzene rings is 2. The quantitative estimate of drug-likeness (QED) is 0.595. The van der Waals surface area contributed by atoms with Crippen molar-refractivity contribution in [2.24, 2.45) is 0 Å². The highest BCUT2D eigenvalue weighted by molar-refractivity contribution is 8.00. The Hall–Kier alpha value is -2.40. The van der Waals surface area contributed by atoms with E-state index in [2.05, 4.69) is 6.92 Å². The molecule has 2 aromatic carbocycles. The van der Waals surface area contributed by atoms with Crippen molar-refractivity contribution in [3.63, 3.8) is 0 Å². The second-order valence-corrected chi connectivity index (χ2v) is 11.3. The van der Waals surface area contributed by atoms with Crippen molar-refractivity contribution in [1.82, 2.24) is 4.31 Å². The first-order valence-electron chi connectivity index (χ1n) is 10.8. The van der Waals surface area contributed by atoms with E-state index < -0.39 is 22.6 Å². The molecule has 33 heavy (non-hydrogen) atoms. The van der Waals surface area contributed by atoms with Crippen molar-refractivity contribution in [2.45, 2.75) is 28.4 Å². The number of para-hydroxylation sites is 1. The number of esters is 1. The Bertz CT molecular complexity index is 1130. The van der Waals surface area contributed by atoms with E-state index in [0.717, 1.165) is 17.0 Å². The van der Waals surface area contributed by atoms with Crippen molar-refractivity contribution < 1.29 is 27.5 Å². The molecule has 0 N–H and O–H groups in total. The van der Waals surface area contributed by atoms with Gasteiger partial charge in [-0.1, -0.05) is 25.1 Å². The number of morpholine rings is 1. The van der Waals surface area contributed by atoms with Crippen LogP contribution in [0.25, 0.3) is 0 Å². The molecule has 1 fully saturated rings. The van der Waals surface area contributed by atoms with Gasteiger partial charge in [-0.25, -0.2) is 13.2 Å². The van der Waals surface area contributed by atoms with Crippen LogP contribution in [-0.4, -0.2) is 69.3 Å². The van der Waals surface area contributed by atoms with Crippen molar-refractivity contribution in [1.29, 1.82) is 0 Å². The fraction of sp³-hybridized carbons (Fsp3) is 0.391. The molecule has 2 aliphatic heterocycles. The van der Waals surface area contributed by atoms with Gasteiger partial charge >= 0.3 is 5.97 Å². The molecule has 10 heteroatoms. The van der Waals surface area contributed by atoms with Gasteiger partial charge in [0.1, 0.15) is 0 Å². The summed E-state index contributed by atoms with van der Waals surface area (Å²) in [6.07, 6.45) is 0.820. The number of hydrogen-bond acceptors (Lipinski definition) is 7. The Kier molecular flexibility index (Phi) is 7.38. The number of thioether (sulfide) groups is 1. The lowest BCUT2D eigenvalue weighted by Crippen LogP contribution is -2.40. The predicted molar refractivity (Wildman–Crippen MR) is 125 cm³/mol. The third kappa shape index (κ3) is 5.40. The largest absolute Gasteiger partial charge is 0.452 e. The number of nitrogens with zero attached hydrogens (tertiary/aromatic N) is 2. The lowest BCUT2D eigenvalue weighted by atomic mass is 10.2. The van der Waals surface area contributed by atoms with Crippen molar-refractivity contribution in [2.75, 3.05) is 44.4 Å². The first-order valence-corrected chi connectivity index (χ1v) is 13.1. The van der Waals surface area contributed by atoms with Crippen LogP contribution in [0.2, 0.25) is 0 Å². The minimum Gasteiger partial charge on any atom is -0.452 e. The molecule has 2 heterocycles. The maximum Gasteiger partial charge on any atom is 0.338 e. The van der Waals surface area contributed by atoms with Crippen LogP contribution in [0.5, 0.6) is 0 Å². The van der Waals surface area contributed by atoms with Crippen LogP contribution in [0.1, 0.15) is 23.7 Å². The second-order valence-electron chi connectivity index (χ2n) is 7.85. The standard InChI is InChI=1S/C23H26N2O6S2/c1-17-9-10-25(20-7-2-3-8-21(20)32-17)22(26)16-31-23(27)18-5-4-6-19(15-18)33(28,29)24-11-13-30-14-12-24/h2-8,15,17H,9-14,16H2,1H3. The topological polar surface area (TPSA) is 93.2 Å². The molecule has 8 nitrogen and oxygen atoms in total. The Morgan fingerprint density at radius 1 is 1.09 bits per heavy atom. The van der Waals surface area contributed by atoms with E-state index in [-0.39, 0.29) is 29.5 Å². The molecular formula is C23H26N2O6S2. The van der Waals surface area contributed by atoms with Crippen LogP contribution in [-0.2, 0) is 24.3 Å². The van der Waals surface area contributed by atoms with E-state index in [1.54, 1.807) is 16.7 Å². The zero-order chi connectivity index (χ0) is 23.4. The summed E-state index contributed by atoms with van der Waals surface area (Å²) in [5, 5.41) is 0.364. The highest BCUT2D eigenvalue weighted by atomic mass is 32.2. The Labute approximate surface area is 197 Å². The lowest BCUT2D eigenvalue weighted by molar-refractivity contribution is -0.121. The average Bonchev–Trinajstić information content (AvgIpc) is 3.01. The van der Waals surface area contributed by atoms with Crippen LogP contribution in [0.3, 0.4) is 0 Å². The van der Waals surface area contributed by atoms with Crippen LogP contribution < -0.4 is 4.90 Å². The molecule has 0 bridgehead atoms. The van der Waals surface area contributed by atoms with E-state index >= 15 is 0 Å². The Morgan fingerprint density at radius 3 is 2.64 bits per heavy atom. The van der Waals surface area contributed by atoms with Crippen LogP contribution in [0.4, 0.5) is 5.69 Å². The van der Waals surface area contributed by atoms with Crippen LogP contribution in [0, 0.1) is 0 Å². The van der Waals surface area contributed by atoms with Gasteiger partial charge in [0, 0.05) is 29.8 Å². The molecule has 2 aliphatic rings. The Balaban J connectivity index is 1.44. The summed E-state index contributed by atoms with van der Waals surface area (Å²) in [5.74, 6) is -1.06. The van der Waals surface area contributed by atoms with Crippen molar-refractivity contribution in [3.8, 4) is 0 Å². The molecule has 0 saturated carbocycles. The number of carbonyl (C=O) groups is 2. The highest BCUT2D eigenvalue weighted by Crippen LogP contribution is 2.37. The van der Waals surface area contributed by atoms with E-state index in [0.29, 0.717) is 25.0 Å². The van der Waals surface area contributed by atoms with E-state index in [1.165, 1.54) is 28.6 Å². The molecule has 0 aliphatic carbocycles. The number of anilines is 1. The molecule has 2 aromatic rings. The van der Waals surface area contributed by atoms with Gasteiger partial charge in [0.05, 0.1) is 29.4 Å². The zero-order valence-electron chi connectivity index (χ0n) is 18.3. The fourth-order valence-electron chi connectivity index (χ4n) is 3.75. The molecule has 0 aromatic heterocycles. The maximum atomic E-state index is 12.9. The van der Waals surface area contributed by atoms with Gasteiger partial charge in [0.15, 0.2) is 6.61 Å². The minimum atomic E-state index is -3.74. The van der Waals surface area contributed by atoms with E-state index in [1.807, 2.05) is 24.3 Å². The summed E-state index contributed by atoms with van der Waals surface area (Å²) >= 11 is 1.72. The first-order chi connectivity index (χ1) is 15.9. The SMILES string of the molecule is CC1CCN(C(=O)COC(=O)c2cccc(S(=O)(=O)N3CCOCC3)c2)c2ccccc2S1. The van der Waals surface area contributed by atoms with Gasteiger partial charge in [-0.2, -0.15) is 4.31 Å². The highest BCUT2D eigenvalue weighted by Gasteiger charge is 2.28. The van der Waals surface area contributed by atoms with Crippen LogP contribution >= 0.6 is 11.8 Å². The average molecular weight is 491 g/mol. The van der Waals surface area contributed by atoms with Crippen molar-refractivity contribution >= 4 is 39.3 Å². The summed E-state index contributed by atoms with van der Waals surface area (Å²) in [7, 11) is -3.74. The zero-order valence-corrected chi connectivity index (χ0v) is 19.9. The summed E-state index contributed by atoms with van der Waals surface area (Å²) in [6, 6.07) is 13.4. The maximum absolute atomic E-state index is 12.9. The molecule has 1 unspecified atom stereocenters. The third-order valence-corrected chi connectivity index (χ3v) is 8.68. The number of rotatable bonds is 5. The number of ether oxygens (including phenoxy) is 2. The second kappa shape index (κ2) is 10.3. The van der Waals surface area contributed by atoms with Gasteiger partial charge in [-0.05, 0) is 36.8 Å². The van der Waals surface area contributed by atoms with Gasteiger partial charge in [0.2, 0.25) is 10.0 Å². The molecular weight excluding hydrogens is 464 g/mol. The number of sulfonamides is 1. The fourth-order valence-corrected chi connectivity index (χ4v) is 6.32. The van der Waals surface area contributed by atoms with Gasteiger partial charge < -0.3 is 14.4 Å². The monoisotopic (exact) mass is 490 g/mol. The van der Waals surface area contributed by atoms with Crippen LogP contribution in [0.15, 0.2) is 58.3 Å². The normalized spacial score (nSPS) is 19.4. The first kappa shape index (κ1) is 23.7. The van der Waals surface area contributed by atoms with Crippen molar-refractivity contribution in [3.05, 3.63) is 54.1 Å². The lowest BCUT2D eigenvalue weighted by Gasteiger charge is -2.26. The summed E-state index contributed by atoms with van der Waals surface area (Å²) in [4.78, 5) is 28.2. The third-order valence-electron chi connectivity index (χ3n) is 5.55. The number of amides is 1. The van der Waals surface area contributed by atoms with E-state index in [4.69, 9.17) is 9.47 Å². The molecule has 0 radical (unpaired) electrons.